The third kappa shape index (κ3) is 4.10. The van der Waals surface area contributed by atoms with E-state index in [4.69, 9.17) is 17.9 Å². The Hall–Kier alpha value is -4.51. The van der Waals surface area contributed by atoms with Crippen molar-refractivity contribution in [1.82, 2.24) is 44.5 Å². The Morgan fingerprint density at radius 3 is 2.34 bits per heavy atom. The molecule has 1 aliphatic rings. The Morgan fingerprint density at radius 2 is 1.63 bits per heavy atom. The summed E-state index contributed by atoms with van der Waals surface area (Å²) < 4.78 is 74.6. The van der Waals surface area contributed by atoms with Crippen molar-refractivity contribution in [2.24, 2.45) is 20.0 Å². The first-order chi connectivity index (χ1) is 22.3. The molecule has 10 nitrogen and oxygen atoms in total. The Kier molecular flexibility index (Phi) is 4.69. The van der Waals surface area contributed by atoms with E-state index in [1.807, 2.05) is 22.8 Å². The maximum absolute atomic E-state index is 15.8. The number of rotatable bonds is 5. The molecule has 6 heterocycles. The number of hydrogen-bond acceptors (Lipinski definition) is 7. The van der Waals surface area contributed by atoms with Gasteiger partial charge in [0, 0.05) is 64.4 Å². The lowest BCUT2D eigenvalue weighted by Crippen LogP contribution is -2.28. The first-order valence-corrected chi connectivity index (χ1v) is 13.3. The molecule has 41 heavy (non-hydrogen) atoms. The molecule has 7 rings (SSSR count). The lowest BCUT2D eigenvalue weighted by atomic mass is 9.88. The van der Waals surface area contributed by atoms with Gasteiger partial charge in [0.2, 0.25) is 0 Å². The van der Waals surface area contributed by atoms with Gasteiger partial charge in [0.15, 0.2) is 0 Å². The fraction of sp³-hybridized carbons (Fsp3) is 0.333. The van der Waals surface area contributed by atoms with E-state index in [9.17, 15) is 0 Å². The molecule has 0 spiro atoms. The minimum absolute atomic E-state index is 0.0909. The quantitative estimate of drug-likeness (QED) is 0.296. The van der Waals surface area contributed by atoms with E-state index >= 15 is 4.39 Å². The van der Waals surface area contributed by atoms with Crippen molar-refractivity contribution in [1.29, 1.82) is 0 Å². The van der Waals surface area contributed by atoms with Crippen molar-refractivity contribution in [2.75, 3.05) is 13.2 Å². The molecule has 1 atom stereocenters. The zero-order chi connectivity index (χ0) is 33.2. The number of benzene rings is 1. The second-order valence-corrected chi connectivity index (χ2v) is 10.3. The number of fused-ring (bicyclic) bond motifs is 3. The highest BCUT2D eigenvalue weighted by molar-refractivity contribution is 6.07. The van der Waals surface area contributed by atoms with Crippen molar-refractivity contribution in [3.05, 3.63) is 71.7 Å². The Balaban J connectivity index is 1.57. The molecule has 1 aromatic carbocycles. The van der Waals surface area contributed by atoms with Gasteiger partial charge < -0.3 is 9.30 Å². The molecule has 1 unspecified atom stereocenters. The summed E-state index contributed by atoms with van der Waals surface area (Å²) in [5, 5.41) is 16.6. The van der Waals surface area contributed by atoms with Crippen LogP contribution in [0.2, 0.25) is 0 Å². The average Bonchev–Trinajstić information content (AvgIpc) is 3.71. The van der Waals surface area contributed by atoms with Gasteiger partial charge in [-0.3, -0.25) is 9.97 Å². The van der Waals surface area contributed by atoms with Crippen molar-refractivity contribution in [3.8, 4) is 22.5 Å². The van der Waals surface area contributed by atoms with Gasteiger partial charge in [-0.25, -0.2) is 13.8 Å². The van der Waals surface area contributed by atoms with Crippen molar-refractivity contribution >= 4 is 21.9 Å². The van der Waals surface area contributed by atoms with Crippen LogP contribution in [0.1, 0.15) is 44.2 Å². The number of ether oxygens (including phenoxy) is 1. The molecular weight excluding hydrogens is 521 g/mol. The van der Waals surface area contributed by atoms with E-state index in [-0.39, 0.29) is 28.7 Å². The molecule has 0 amide bonds. The van der Waals surface area contributed by atoms with Crippen LogP contribution in [0, 0.1) is 25.4 Å². The first-order valence-electron chi connectivity index (χ1n) is 16.3. The topological polar surface area (TPSA) is 101 Å². The van der Waals surface area contributed by atoms with Crippen LogP contribution in [-0.2, 0) is 18.8 Å². The molecule has 0 saturated carbocycles. The molecule has 208 valence electrons. The molecule has 0 radical (unpaired) electrons. The van der Waals surface area contributed by atoms with Crippen molar-refractivity contribution in [2.45, 2.75) is 32.6 Å². The number of aromatic nitrogens is 9. The monoisotopic (exact) mass is 557 g/mol. The van der Waals surface area contributed by atoms with E-state index in [2.05, 4.69) is 25.6 Å². The zero-order valence-electron chi connectivity index (χ0n) is 28.4. The third-order valence-corrected chi connectivity index (χ3v) is 7.90. The Morgan fingerprint density at radius 1 is 0.927 bits per heavy atom. The fourth-order valence-corrected chi connectivity index (χ4v) is 6.05. The van der Waals surface area contributed by atoms with Gasteiger partial charge in [0.1, 0.15) is 5.82 Å². The van der Waals surface area contributed by atoms with E-state index < -0.39 is 25.6 Å². The number of nitrogens with zero attached hydrogens (tertiary/aromatic N) is 9. The summed E-state index contributed by atoms with van der Waals surface area (Å²) in [6.45, 7) is -4.06. The Labute approximate surface area is 244 Å². The van der Waals surface area contributed by atoms with Gasteiger partial charge in [0.25, 0.3) is 0 Å². The van der Waals surface area contributed by atoms with Crippen LogP contribution in [0.25, 0.3) is 44.5 Å². The van der Waals surface area contributed by atoms with Crippen molar-refractivity contribution < 1.29 is 17.4 Å². The molecule has 1 aliphatic heterocycles. The molecule has 6 aromatic rings. The maximum Gasteiger partial charge on any atom is 0.146 e. The number of aryl methyl sites for hydroxylation is 4. The normalized spacial score (nSPS) is 18.0. The minimum atomic E-state index is -2.53. The van der Waals surface area contributed by atoms with E-state index in [0.29, 0.717) is 59.4 Å². The fourth-order valence-electron chi connectivity index (χ4n) is 6.05. The molecule has 5 aromatic heterocycles. The van der Waals surface area contributed by atoms with Gasteiger partial charge in [-0.05, 0) is 62.8 Å². The van der Waals surface area contributed by atoms with E-state index in [1.165, 1.54) is 15.4 Å². The smallest absolute Gasteiger partial charge is 0.146 e. The number of halogens is 1. The SMILES string of the molecule is [2H]C([2H])([2H])c1nnn(C)c1-c1ccc2c3ncc(-c4c(C([2H])([2H])[2H])nnn4C)cc3n(C(c3ncccc3F)C3CCOCC3)c2c1. The average molecular weight is 558 g/mol. The summed E-state index contributed by atoms with van der Waals surface area (Å²) in [4.78, 5) is 9.36. The Bertz CT molecular complexity index is 2010. The van der Waals surface area contributed by atoms with Gasteiger partial charge in [0.05, 0.1) is 51.1 Å². The number of pyridine rings is 2. The largest absolute Gasteiger partial charge is 0.381 e. The van der Waals surface area contributed by atoms with Crippen LogP contribution in [0.4, 0.5) is 4.39 Å². The van der Waals surface area contributed by atoms with Crippen LogP contribution in [0.3, 0.4) is 0 Å². The van der Waals surface area contributed by atoms with Gasteiger partial charge in [-0.15, -0.1) is 10.2 Å². The third-order valence-electron chi connectivity index (χ3n) is 7.90. The zero-order valence-corrected chi connectivity index (χ0v) is 22.4. The van der Waals surface area contributed by atoms with E-state index in [1.54, 1.807) is 38.6 Å². The highest BCUT2D eigenvalue weighted by Gasteiger charge is 2.33. The summed E-state index contributed by atoms with van der Waals surface area (Å²) in [6.07, 6.45) is 4.41. The summed E-state index contributed by atoms with van der Waals surface area (Å²) in [6, 6.07) is 9.61. The van der Waals surface area contributed by atoms with E-state index in [0.717, 1.165) is 5.39 Å². The summed E-state index contributed by atoms with van der Waals surface area (Å²) in [5.41, 5.74) is 3.41. The molecule has 11 heteroatoms. The van der Waals surface area contributed by atoms with Crippen LogP contribution >= 0.6 is 0 Å². The predicted molar refractivity (Wildman–Crippen MR) is 153 cm³/mol. The van der Waals surface area contributed by atoms with Gasteiger partial charge in [-0.1, -0.05) is 16.5 Å². The molecular formula is C30H30FN9O. The molecule has 1 saturated heterocycles. The summed E-state index contributed by atoms with van der Waals surface area (Å²) >= 11 is 0. The van der Waals surface area contributed by atoms with Crippen LogP contribution in [0.5, 0.6) is 0 Å². The predicted octanol–water partition coefficient (Wildman–Crippen LogP) is 4.95. The lowest BCUT2D eigenvalue weighted by molar-refractivity contribution is 0.0543. The lowest BCUT2D eigenvalue weighted by Gasteiger charge is -2.32. The van der Waals surface area contributed by atoms with Crippen LogP contribution in [0.15, 0.2) is 48.8 Å². The standard InChI is InChI=1S/C30H30FN9O/c1-17-28(38(3)36-34-17)20-7-8-22-24(14-20)40(25-15-21(16-33-26(22)25)29-18(2)35-37-39(29)4)30(19-9-12-41-13-10-19)27-23(31)6-5-11-32-27/h5-8,11,14-16,19,30H,9-10,12-13H2,1-4H3/i1D3,2D3. The molecule has 0 aliphatic carbocycles. The second-order valence-electron chi connectivity index (χ2n) is 10.3. The molecule has 1 fully saturated rings. The maximum atomic E-state index is 15.8. The van der Waals surface area contributed by atoms with Crippen molar-refractivity contribution in [3.63, 3.8) is 0 Å². The van der Waals surface area contributed by atoms with Crippen LogP contribution < -0.4 is 0 Å². The second kappa shape index (κ2) is 9.84. The van der Waals surface area contributed by atoms with Gasteiger partial charge >= 0.3 is 0 Å². The highest BCUT2D eigenvalue weighted by Crippen LogP contribution is 2.42. The summed E-state index contributed by atoms with van der Waals surface area (Å²) in [5.74, 6) is -0.563. The molecule has 0 N–H and O–H groups in total. The molecule has 0 bridgehead atoms. The number of hydrogen-bond donors (Lipinski definition) is 0. The first kappa shape index (κ1) is 19.5. The van der Waals surface area contributed by atoms with Gasteiger partial charge in [-0.2, -0.15) is 0 Å². The summed E-state index contributed by atoms with van der Waals surface area (Å²) in [7, 11) is 3.24. The minimum Gasteiger partial charge on any atom is -0.381 e. The highest BCUT2D eigenvalue weighted by atomic mass is 19.1. The van der Waals surface area contributed by atoms with Crippen LogP contribution in [-0.4, -0.2) is 57.7 Å².